The van der Waals surface area contributed by atoms with Crippen molar-refractivity contribution in [3.05, 3.63) is 71.8 Å². The van der Waals surface area contributed by atoms with E-state index in [1.165, 1.54) is 10.7 Å². The molecule has 116 valence electrons. The van der Waals surface area contributed by atoms with Crippen LogP contribution in [-0.2, 0) is 6.54 Å². The minimum absolute atomic E-state index is 0.00707. The number of rotatable bonds is 4. The number of hydrogen-bond acceptors (Lipinski definition) is 4. The van der Waals surface area contributed by atoms with Crippen LogP contribution in [0.1, 0.15) is 16.1 Å². The quantitative estimate of drug-likeness (QED) is 0.798. The Morgan fingerprint density at radius 3 is 2.65 bits per heavy atom. The number of hydrogen-bond donors (Lipinski definition) is 1. The van der Waals surface area contributed by atoms with Gasteiger partial charge in [-0.25, -0.2) is 13.5 Å². The molecule has 0 fully saturated rings. The number of halogens is 2. The summed E-state index contributed by atoms with van der Waals surface area (Å²) in [6, 6.07) is 6.78. The molecule has 0 radical (unpaired) electrons. The Balaban J connectivity index is 1.70. The van der Waals surface area contributed by atoms with Gasteiger partial charge in [0, 0.05) is 6.20 Å². The molecule has 3 rings (SSSR count). The fraction of sp³-hybridized carbons (Fsp3) is 0.0667. The lowest BCUT2D eigenvalue weighted by molar-refractivity contribution is 0.0942. The highest BCUT2D eigenvalue weighted by molar-refractivity contribution is 5.94. The van der Waals surface area contributed by atoms with E-state index in [1.54, 1.807) is 30.7 Å². The molecule has 0 spiro atoms. The molecule has 0 aliphatic carbocycles. The molecule has 3 aromatic rings. The zero-order valence-corrected chi connectivity index (χ0v) is 11.8. The van der Waals surface area contributed by atoms with Crippen LogP contribution in [0.5, 0.6) is 0 Å². The lowest BCUT2D eigenvalue weighted by Crippen LogP contribution is -2.25. The number of carbonyl (C=O) groups excluding carboxylic acids is 1. The molecule has 8 heteroatoms. The second-order valence-corrected chi connectivity index (χ2v) is 4.65. The van der Waals surface area contributed by atoms with E-state index >= 15 is 0 Å². The molecule has 0 atom stereocenters. The van der Waals surface area contributed by atoms with Crippen LogP contribution in [0.25, 0.3) is 5.69 Å². The first-order valence-corrected chi connectivity index (χ1v) is 6.69. The summed E-state index contributed by atoms with van der Waals surface area (Å²) in [4.78, 5) is 15.8. The predicted octanol–water partition coefficient (Wildman–Crippen LogP) is 1.87. The smallest absolute Gasteiger partial charge is 0.257 e. The van der Waals surface area contributed by atoms with Gasteiger partial charge in [0.25, 0.3) is 5.91 Å². The maximum atomic E-state index is 13.5. The fourth-order valence-electron chi connectivity index (χ4n) is 1.97. The molecule has 2 aromatic heterocycles. The molecule has 0 saturated heterocycles. The summed E-state index contributed by atoms with van der Waals surface area (Å²) in [5, 5.41) is 10.2. The average molecular weight is 315 g/mol. The van der Waals surface area contributed by atoms with Crippen molar-refractivity contribution in [3.8, 4) is 5.69 Å². The SMILES string of the molecule is O=C(NCc1cn(-c2cccnc2)nn1)c1c(F)cccc1F. The molecule has 6 nitrogen and oxygen atoms in total. The van der Waals surface area contributed by atoms with Crippen LogP contribution in [-0.4, -0.2) is 25.9 Å². The molecule has 1 amide bonds. The Morgan fingerprint density at radius 2 is 1.96 bits per heavy atom. The van der Waals surface area contributed by atoms with Gasteiger partial charge < -0.3 is 5.32 Å². The van der Waals surface area contributed by atoms with E-state index in [0.717, 1.165) is 12.1 Å². The Bertz CT molecular complexity index is 815. The van der Waals surface area contributed by atoms with Crippen LogP contribution in [0.4, 0.5) is 8.78 Å². The number of aromatic nitrogens is 4. The Hall–Kier alpha value is -3.16. The maximum Gasteiger partial charge on any atom is 0.257 e. The van der Waals surface area contributed by atoms with Crippen molar-refractivity contribution in [3.63, 3.8) is 0 Å². The van der Waals surface area contributed by atoms with Crippen LogP contribution in [0.3, 0.4) is 0 Å². The van der Waals surface area contributed by atoms with Gasteiger partial charge in [-0.2, -0.15) is 0 Å². The normalized spacial score (nSPS) is 10.5. The van der Waals surface area contributed by atoms with E-state index in [1.807, 2.05) is 0 Å². The summed E-state index contributed by atoms with van der Waals surface area (Å²) in [6.45, 7) is -0.00707. The second kappa shape index (κ2) is 6.30. The first kappa shape index (κ1) is 14.8. The molecule has 23 heavy (non-hydrogen) atoms. The molecule has 0 saturated carbocycles. The highest BCUT2D eigenvalue weighted by Crippen LogP contribution is 2.12. The fourth-order valence-corrected chi connectivity index (χ4v) is 1.97. The standard InChI is InChI=1S/C15H11F2N5O/c16-12-4-1-5-13(17)14(12)15(23)19-7-10-9-22(21-20-10)11-3-2-6-18-8-11/h1-6,8-9H,7H2,(H,19,23). The van der Waals surface area contributed by atoms with E-state index in [9.17, 15) is 13.6 Å². The van der Waals surface area contributed by atoms with E-state index in [0.29, 0.717) is 11.4 Å². The number of benzene rings is 1. The first-order valence-electron chi connectivity index (χ1n) is 6.69. The van der Waals surface area contributed by atoms with Gasteiger partial charge >= 0.3 is 0 Å². The van der Waals surface area contributed by atoms with Gasteiger partial charge in [-0.1, -0.05) is 11.3 Å². The summed E-state index contributed by atoms with van der Waals surface area (Å²) >= 11 is 0. The summed E-state index contributed by atoms with van der Waals surface area (Å²) in [6.07, 6.45) is 4.82. The van der Waals surface area contributed by atoms with Crippen molar-refractivity contribution in [2.45, 2.75) is 6.54 Å². The molecule has 0 aliphatic rings. The molecule has 0 unspecified atom stereocenters. The lowest BCUT2D eigenvalue weighted by Gasteiger charge is -2.05. The van der Waals surface area contributed by atoms with Crippen molar-refractivity contribution in [1.82, 2.24) is 25.3 Å². The van der Waals surface area contributed by atoms with Gasteiger partial charge in [-0.3, -0.25) is 9.78 Å². The number of amides is 1. The van der Waals surface area contributed by atoms with E-state index in [2.05, 4.69) is 20.6 Å². The molecular weight excluding hydrogens is 304 g/mol. The summed E-state index contributed by atoms with van der Waals surface area (Å²) in [5.74, 6) is -2.68. The summed E-state index contributed by atoms with van der Waals surface area (Å²) < 4.78 is 28.5. The number of nitrogens with zero attached hydrogens (tertiary/aromatic N) is 4. The van der Waals surface area contributed by atoms with Gasteiger partial charge in [0.05, 0.1) is 24.6 Å². The predicted molar refractivity (Wildman–Crippen MR) is 76.7 cm³/mol. The number of carbonyl (C=O) groups is 1. The highest BCUT2D eigenvalue weighted by atomic mass is 19.1. The zero-order chi connectivity index (χ0) is 16.2. The van der Waals surface area contributed by atoms with Crippen LogP contribution in [0, 0.1) is 11.6 Å². The van der Waals surface area contributed by atoms with Gasteiger partial charge in [0.1, 0.15) is 22.9 Å². The molecule has 2 heterocycles. The monoisotopic (exact) mass is 315 g/mol. The molecule has 1 N–H and O–H groups in total. The van der Waals surface area contributed by atoms with Crippen LogP contribution >= 0.6 is 0 Å². The zero-order valence-electron chi connectivity index (χ0n) is 11.8. The van der Waals surface area contributed by atoms with Crippen molar-refractivity contribution in [2.75, 3.05) is 0 Å². The minimum atomic E-state index is -0.915. The van der Waals surface area contributed by atoms with Gasteiger partial charge in [0.2, 0.25) is 0 Å². The largest absolute Gasteiger partial charge is 0.346 e. The Labute approximate surface area is 129 Å². The van der Waals surface area contributed by atoms with Crippen LogP contribution < -0.4 is 5.32 Å². The summed E-state index contributed by atoms with van der Waals surface area (Å²) in [7, 11) is 0. The Morgan fingerprint density at radius 1 is 1.17 bits per heavy atom. The van der Waals surface area contributed by atoms with Crippen molar-refractivity contribution >= 4 is 5.91 Å². The van der Waals surface area contributed by atoms with E-state index in [4.69, 9.17) is 0 Å². The Kier molecular flexibility index (Phi) is 4.05. The first-order chi connectivity index (χ1) is 11.1. The second-order valence-electron chi connectivity index (χ2n) is 4.65. The summed E-state index contributed by atoms with van der Waals surface area (Å²) in [5.41, 5.74) is 0.531. The van der Waals surface area contributed by atoms with Crippen LogP contribution in [0.2, 0.25) is 0 Å². The molecular formula is C15H11F2N5O. The number of nitrogens with one attached hydrogen (secondary N) is 1. The lowest BCUT2D eigenvalue weighted by atomic mass is 10.2. The van der Waals surface area contributed by atoms with Crippen LogP contribution in [0.15, 0.2) is 48.9 Å². The average Bonchev–Trinajstić information content (AvgIpc) is 3.02. The molecule has 0 bridgehead atoms. The van der Waals surface area contributed by atoms with Crippen molar-refractivity contribution < 1.29 is 13.6 Å². The van der Waals surface area contributed by atoms with E-state index < -0.39 is 23.1 Å². The molecule has 0 aliphatic heterocycles. The molecule has 1 aromatic carbocycles. The maximum absolute atomic E-state index is 13.5. The van der Waals surface area contributed by atoms with Gasteiger partial charge in [-0.15, -0.1) is 5.10 Å². The van der Waals surface area contributed by atoms with Crippen molar-refractivity contribution in [2.24, 2.45) is 0 Å². The topological polar surface area (TPSA) is 72.7 Å². The third-order valence-electron chi connectivity index (χ3n) is 3.07. The van der Waals surface area contributed by atoms with E-state index in [-0.39, 0.29) is 6.54 Å². The van der Waals surface area contributed by atoms with Crippen molar-refractivity contribution in [1.29, 1.82) is 0 Å². The minimum Gasteiger partial charge on any atom is -0.346 e. The number of pyridine rings is 1. The van der Waals surface area contributed by atoms with Gasteiger partial charge in [-0.05, 0) is 24.3 Å². The van der Waals surface area contributed by atoms with Gasteiger partial charge in [0.15, 0.2) is 0 Å². The third-order valence-corrected chi connectivity index (χ3v) is 3.07. The third kappa shape index (κ3) is 3.20. The highest BCUT2D eigenvalue weighted by Gasteiger charge is 2.17.